The zero-order valence-corrected chi connectivity index (χ0v) is 27.8. The highest BCUT2D eigenvalue weighted by atomic mass is 32.2. The molecule has 0 aromatic rings. The molecule has 0 aromatic carbocycles. The lowest BCUT2D eigenvalue weighted by Crippen LogP contribution is -2.64. The molecule has 2 heterocycles. The molecule has 0 aromatic heterocycles. The Balaban J connectivity index is 2.72. The molecule has 47 heavy (non-hydrogen) atoms. The van der Waals surface area contributed by atoms with E-state index in [0.29, 0.717) is 11.8 Å². The van der Waals surface area contributed by atoms with Crippen molar-refractivity contribution in [3.05, 3.63) is 0 Å². The number of carbonyl (C=O) groups is 8. The number of carbonyl (C=O) groups excluding carboxylic acids is 8. The molecule has 2 aliphatic rings. The van der Waals surface area contributed by atoms with Crippen molar-refractivity contribution in [1.29, 1.82) is 0 Å². The number of hydrogen-bond donors (Lipinski definition) is 0. The van der Waals surface area contributed by atoms with E-state index >= 15 is 0 Å². The number of esters is 8. The molecular formula is C28H38O18S. The average molecular weight is 695 g/mol. The summed E-state index contributed by atoms with van der Waals surface area (Å²) in [6.07, 6.45) is -11.8. The standard InChI is InChI=1S/C28H38O18S/c1-11(29)37-9-19-22(40-14(4)32)24(42-16(6)34)26(27(45-19)44-18(8)36)47-28-25(43-17(7)35)23(41-15(5)33)21(39-13(3)31)20(46-28)10-38-12(2)30/h19-28H,9-10H2,1-8H3. The number of rotatable bonds is 12. The molecule has 0 N–H and O–H groups in total. The van der Waals surface area contributed by atoms with Gasteiger partial charge in [-0.15, -0.1) is 11.8 Å². The number of thioether (sulfide) groups is 1. The fraction of sp³-hybridized carbons (Fsp3) is 0.714. The molecule has 2 fully saturated rings. The summed E-state index contributed by atoms with van der Waals surface area (Å²) in [5.74, 6) is -6.63. The predicted octanol–water partition coefficient (Wildman–Crippen LogP) is -0.114. The molecule has 18 nitrogen and oxygen atoms in total. The van der Waals surface area contributed by atoms with Crippen LogP contribution in [0.4, 0.5) is 0 Å². The Labute approximate surface area is 273 Å². The minimum Gasteiger partial charge on any atom is -0.463 e. The second-order valence-electron chi connectivity index (χ2n) is 10.3. The summed E-state index contributed by atoms with van der Waals surface area (Å²) in [4.78, 5) is 96.6. The van der Waals surface area contributed by atoms with Crippen LogP contribution in [0.3, 0.4) is 0 Å². The minimum atomic E-state index is -1.61. The molecule has 10 unspecified atom stereocenters. The van der Waals surface area contributed by atoms with E-state index in [0.717, 1.165) is 55.4 Å². The first-order valence-corrected chi connectivity index (χ1v) is 15.1. The molecule has 2 aliphatic heterocycles. The maximum absolute atomic E-state index is 12.4. The fourth-order valence-corrected chi connectivity index (χ4v) is 6.22. The van der Waals surface area contributed by atoms with Crippen molar-refractivity contribution >= 4 is 59.5 Å². The Hall–Kier alpha value is -3.97. The predicted molar refractivity (Wildman–Crippen MR) is 152 cm³/mol. The fourth-order valence-electron chi connectivity index (χ4n) is 4.73. The highest BCUT2D eigenvalue weighted by Gasteiger charge is 2.57. The third-order valence-electron chi connectivity index (χ3n) is 6.17. The van der Waals surface area contributed by atoms with Gasteiger partial charge >= 0.3 is 47.8 Å². The van der Waals surface area contributed by atoms with E-state index in [9.17, 15) is 38.4 Å². The van der Waals surface area contributed by atoms with Gasteiger partial charge in [0, 0.05) is 55.4 Å². The molecule has 0 bridgehead atoms. The lowest BCUT2D eigenvalue weighted by molar-refractivity contribution is -0.258. The highest BCUT2D eigenvalue weighted by Crippen LogP contribution is 2.42. The van der Waals surface area contributed by atoms with E-state index in [1.54, 1.807) is 0 Å². The Morgan fingerprint density at radius 3 is 1.23 bits per heavy atom. The van der Waals surface area contributed by atoms with E-state index < -0.39 is 121 Å². The van der Waals surface area contributed by atoms with Crippen LogP contribution in [0, 0.1) is 0 Å². The van der Waals surface area contributed by atoms with Gasteiger partial charge in [-0.2, -0.15) is 0 Å². The molecule has 0 spiro atoms. The summed E-state index contributed by atoms with van der Waals surface area (Å²) < 4.78 is 54.9. The maximum atomic E-state index is 12.4. The molecular weight excluding hydrogens is 656 g/mol. The lowest BCUT2D eigenvalue weighted by Gasteiger charge is -2.48. The van der Waals surface area contributed by atoms with E-state index in [-0.39, 0.29) is 0 Å². The normalized spacial score (nSPS) is 30.0. The third kappa shape index (κ3) is 12.3. The topological polar surface area (TPSA) is 229 Å². The SMILES string of the molecule is CC(=O)OCC1OC(SC2C(OC(C)=O)OC(COC(C)=O)C(OC(C)=O)C2OC(C)=O)C(OC(C)=O)C(OC(C)=O)C1OC(C)=O. The molecule has 264 valence electrons. The molecule has 0 aliphatic carbocycles. The van der Waals surface area contributed by atoms with Crippen LogP contribution in [0.1, 0.15) is 55.4 Å². The van der Waals surface area contributed by atoms with Crippen LogP contribution in [0.25, 0.3) is 0 Å². The Bertz CT molecular complexity index is 1200. The molecule has 10 atom stereocenters. The lowest BCUT2D eigenvalue weighted by atomic mass is 9.99. The van der Waals surface area contributed by atoms with Crippen LogP contribution in [0.5, 0.6) is 0 Å². The van der Waals surface area contributed by atoms with E-state index in [1.165, 1.54) is 0 Å². The van der Waals surface area contributed by atoms with Crippen LogP contribution < -0.4 is 0 Å². The molecule has 2 rings (SSSR count). The van der Waals surface area contributed by atoms with Crippen molar-refractivity contribution in [3.8, 4) is 0 Å². The molecule has 19 heteroatoms. The smallest absolute Gasteiger partial charge is 0.304 e. The van der Waals surface area contributed by atoms with Crippen LogP contribution in [0.15, 0.2) is 0 Å². The van der Waals surface area contributed by atoms with Crippen molar-refractivity contribution in [2.45, 2.75) is 115 Å². The van der Waals surface area contributed by atoms with Gasteiger partial charge in [-0.3, -0.25) is 38.4 Å². The Kier molecular flexibility index (Phi) is 14.9. The molecule has 0 amide bonds. The monoisotopic (exact) mass is 694 g/mol. The van der Waals surface area contributed by atoms with Gasteiger partial charge in [0.2, 0.25) is 6.29 Å². The van der Waals surface area contributed by atoms with Crippen molar-refractivity contribution in [3.63, 3.8) is 0 Å². The van der Waals surface area contributed by atoms with Gasteiger partial charge in [0.1, 0.15) is 36.1 Å². The summed E-state index contributed by atoms with van der Waals surface area (Å²) in [7, 11) is 0. The Morgan fingerprint density at radius 2 is 0.809 bits per heavy atom. The summed E-state index contributed by atoms with van der Waals surface area (Å²) in [5, 5.41) is -1.35. The van der Waals surface area contributed by atoms with Crippen LogP contribution in [-0.2, 0) is 85.7 Å². The summed E-state index contributed by atoms with van der Waals surface area (Å²) in [6, 6.07) is 0. The minimum absolute atomic E-state index is 0.515. The second kappa shape index (κ2) is 17.8. The van der Waals surface area contributed by atoms with Gasteiger partial charge in [0.25, 0.3) is 0 Å². The first kappa shape index (κ1) is 39.2. The van der Waals surface area contributed by atoms with E-state index in [2.05, 4.69) is 0 Å². The number of hydrogen-bond acceptors (Lipinski definition) is 19. The largest absolute Gasteiger partial charge is 0.463 e. The maximum Gasteiger partial charge on any atom is 0.304 e. The summed E-state index contributed by atoms with van der Waals surface area (Å²) in [6.45, 7) is 7.49. The second-order valence-corrected chi connectivity index (χ2v) is 11.6. The van der Waals surface area contributed by atoms with Gasteiger partial charge in [-0.05, 0) is 0 Å². The van der Waals surface area contributed by atoms with Gasteiger partial charge < -0.3 is 47.4 Å². The summed E-state index contributed by atoms with van der Waals surface area (Å²) >= 11 is 0.689. The van der Waals surface area contributed by atoms with Crippen LogP contribution in [0.2, 0.25) is 0 Å². The van der Waals surface area contributed by atoms with Gasteiger partial charge in [-0.25, -0.2) is 0 Å². The zero-order valence-electron chi connectivity index (χ0n) is 26.9. The van der Waals surface area contributed by atoms with Gasteiger partial charge in [-0.1, -0.05) is 0 Å². The van der Waals surface area contributed by atoms with E-state index in [4.69, 9.17) is 47.4 Å². The number of ether oxygens (including phenoxy) is 10. The third-order valence-corrected chi connectivity index (χ3v) is 7.62. The molecule has 0 radical (unpaired) electrons. The average Bonchev–Trinajstić information content (AvgIpc) is 2.91. The van der Waals surface area contributed by atoms with Crippen molar-refractivity contribution in [1.82, 2.24) is 0 Å². The van der Waals surface area contributed by atoms with Crippen molar-refractivity contribution in [2.75, 3.05) is 13.2 Å². The molecule has 0 saturated carbocycles. The Morgan fingerprint density at radius 1 is 0.447 bits per heavy atom. The van der Waals surface area contributed by atoms with E-state index in [1.807, 2.05) is 0 Å². The quantitative estimate of drug-likeness (QED) is 0.192. The first-order chi connectivity index (χ1) is 21.9. The van der Waals surface area contributed by atoms with Gasteiger partial charge in [0.15, 0.2) is 30.5 Å². The van der Waals surface area contributed by atoms with Gasteiger partial charge in [0.05, 0.1) is 0 Å². The highest BCUT2D eigenvalue weighted by molar-refractivity contribution is 8.00. The summed E-state index contributed by atoms with van der Waals surface area (Å²) in [5.41, 5.74) is -1.44. The van der Waals surface area contributed by atoms with Crippen LogP contribution in [-0.4, -0.2) is 121 Å². The van der Waals surface area contributed by atoms with Crippen molar-refractivity contribution < 1.29 is 85.7 Å². The van der Waals surface area contributed by atoms with Crippen LogP contribution >= 0.6 is 11.8 Å². The molecule has 2 saturated heterocycles. The van der Waals surface area contributed by atoms with Crippen molar-refractivity contribution in [2.24, 2.45) is 0 Å². The first-order valence-electron chi connectivity index (χ1n) is 14.2. The zero-order chi connectivity index (χ0) is 35.6.